The maximum absolute atomic E-state index is 12.0. The maximum atomic E-state index is 12.0. The van der Waals surface area contributed by atoms with Crippen molar-refractivity contribution in [1.29, 1.82) is 5.26 Å². The molecule has 0 aliphatic heterocycles. The number of rotatable bonds is 2. The van der Waals surface area contributed by atoms with Crippen LogP contribution in [0.15, 0.2) is 48.5 Å². The fourth-order valence-corrected chi connectivity index (χ4v) is 1.87. The van der Waals surface area contributed by atoms with E-state index in [4.69, 9.17) is 10.00 Å². The molecule has 2 aromatic rings. The molecule has 106 valence electrons. The molecule has 2 rings (SSSR count). The molecular formula is C18H17NO2. The summed E-state index contributed by atoms with van der Waals surface area (Å²) in [6.45, 7) is 6.37. The van der Waals surface area contributed by atoms with Crippen LogP contribution in [0.1, 0.15) is 42.3 Å². The van der Waals surface area contributed by atoms with E-state index in [1.54, 1.807) is 36.4 Å². The monoisotopic (exact) mass is 279 g/mol. The topological polar surface area (TPSA) is 50.1 Å². The van der Waals surface area contributed by atoms with Crippen LogP contribution in [-0.2, 0) is 5.41 Å². The van der Waals surface area contributed by atoms with Crippen LogP contribution >= 0.6 is 0 Å². The molecule has 3 nitrogen and oxygen atoms in total. The Bertz CT molecular complexity index is 671. The second-order valence-corrected chi connectivity index (χ2v) is 5.85. The minimum Gasteiger partial charge on any atom is -0.423 e. The normalized spacial score (nSPS) is 10.8. The van der Waals surface area contributed by atoms with Gasteiger partial charge in [-0.25, -0.2) is 4.79 Å². The minimum atomic E-state index is -0.403. The van der Waals surface area contributed by atoms with Gasteiger partial charge in [-0.2, -0.15) is 5.26 Å². The lowest BCUT2D eigenvalue weighted by Gasteiger charge is -2.18. The number of benzene rings is 2. The molecule has 0 atom stereocenters. The van der Waals surface area contributed by atoms with Crippen LogP contribution in [0.5, 0.6) is 5.75 Å². The molecule has 0 unspecified atom stereocenters. The van der Waals surface area contributed by atoms with Crippen molar-refractivity contribution in [2.75, 3.05) is 0 Å². The summed E-state index contributed by atoms with van der Waals surface area (Å²) in [7, 11) is 0. The number of hydrogen-bond acceptors (Lipinski definition) is 3. The van der Waals surface area contributed by atoms with Crippen molar-refractivity contribution in [3.8, 4) is 11.8 Å². The molecule has 0 aliphatic carbocycles. The van der Waals surface area contributed by atoms with Crippen LogP contribution in [0.3, 0.4) is 0 Å². The Kier molecular flexibility index (Phi) is 4.09. The SMILES string of the molecule is CC(C)(C)c1ccc(C(=O)Oc2ccc(C#N)cc2)cc1. The van der Waals surface area contributed by atoms with Gasteiger partial charge in [0.05, 0.1) is 17.2 Å². The molecule has 0 saturated heterocycles. The first kappa shape index (κ1) is 14.8. The van der Waals surface area contributed by atoms with Crippen LogP contribution in [0.4, 0.5) is 0 Å². The molecule has 0 fully saturated rings. The van der Waals surface area contributed by atoms with E-state index in [0.29, 0.717) is 16.9 Å². The van der Waals surface area contributed by atoms with E-state index in [9.17, 15) is 4.79 Å². The first-order chi connectivity index (χ1) is 9.90. The first-order valence-corrected chi connectivity index (χ1v) is 6.73. The maximum Gasteiger partial charge on any atom is 0.343 e. The quantitative estimate of drug-likeness (QED) is 0.615. The summed E-state index contributed by atoms with van der Waals surface area (Å²) < 4.78 is 5.28. The zero-order valence-corrected chi connectivity index (χ0v) is 12.4. The van der Waals surface area contributed by atoms with Gasteiger partial charge in [-0.05, 0) is 47.4 Å². The van der Waals surface area contributed by atoms with Crippen molar-refractivity contribution in [2.24, 2.45) is 0 Å². The van der Waals surface area contributed by atoms with Gasteiger partial charge >= 0.3 is 5.97 Å². The summed E-state index contributed by atoms with van der Waals surface area (Å²) in [5.41, 5.74) is 2.25. The Hall–Kier alpha value is -2.60. The third-order valence-corrected chi connectivity index (χ3v) is 3.18. The average molecular weight is 279 g/mol. The summed E-state index contributed by atoms with van der Waals surface area (Å²) >= 11 is 0. The van der Waals surface area contributed by atoms with Crippen molar-refractivity contribution in [3.05, 3.63) is 65.2 Å². The largest absolute Gasteiger partial charge is 0.423 e. The van der Waals surface area contributed by atoms with Crippen LogP contribution in [0.25, 0.3) is 0 Å². The number of nitriles is 1. The zero-order chi connectivity index (χ0) is 15.5. The van der Waals surface area contributed by atoms with E-state index < -0.39 is 5.97 Å². The van der Waals surface area contributed by atoms with Crippen LogP contribution < -0.4 is 4.74 Å². The molecule has 0 saturated carbocycles. The Morgan fingerprint density at radius 3 is 2.05 bits per heavy atom. The highest BCUT2D eigenvalue weighted by molar-refractivity contribution is 5.91. The van der Waals surface area contributed by atoms with E-state index in [1.165, 1.54) is 0 Å². The minimum absolute atomic E-state index is 0.0512. The van der Waals surface area contributed by atoms with Crippen molar-refractivity contribution >= 4 is 5.97 Å². The van der Waals surface area contributed by atoms with E-state index in [1.807, 2.05) is 18.2 Å². The highest BCUT2D eigenvalue weighted by atomic mass is 16.5. The number of ether oxygens (including phenoxy) is 1. The first-order valence-electron chi connectivity index (χ1n) is 6.73. The molecule has 0 N–H and O–H groups in total. The van der Waals surface area contributed by atoms with Gasteiger partial charge in [0.1, 0.15) is 5.75 Å². The van der Waals surface area contributed by atoms with Gasteiger partial charge in [0.2, 0.25) is 0 Å². The van der Waals surface area contributed by atoms with E-state index >= 15 is 0 Å². The number of carbonyl (C=O) groups is 1. The molecule has 0 radical (unpaired) electrons. The fraction of sp³-hybridized carbons (Fsp3) is 0.222. The molecule has 21 heavy (non-hydrogen) atoms. The Morgan fingerprint density at radius 2 is 1.57 bits per heavy atom. The number of esters is 1. The van der Waals surface area contributed by atoms with Gasteiger partial charge in [0.15, 0.2) is 0 Å². The highest BCUT2D eigenvalue weighted by Crippen LogP contribution is 2.22. The summed E-state index contributed by atoms with van der Waals surface area (Å²) in [6.07, 6.45) is 0. The Morgan fingerprint density at radius 1 is 1.00 bits per heavy atom. The predicted molar refractivity (Wildman–Crippen MR) is 81.3 cm³/mol. The third kappa shape index (κ3) is 3.70. The van der Waals surface area contributed by atoms with Gasteiger partial charge in [0, 0.05) is 0 Å². The van der Waals surface area contributed by atoms with Gasteiger partial charge < -0.3 is 4.74 Å². The average Bonchev–Trinajstić information content (AvgIpc) is 2.47. The van der Waals surface area contributed by atoms with Crippen LogP contribution in [0, 0.1) is 11.3 Å². The fourth-order valence-electron chi connectivity index (χ4n) is 1.87. The molecule has 0 heterocycles. The Balaban J connectivity index is 2.11. The molecular weight excluding hydrogens is 262 g/mol. The predicted octanol–water partition coefficient (Wildman–Crippen LogP) is 4.07. The van der Waals surface area contributed by atoms with E-state index in [2.05, 4.69) is 20.8 Å². The molecule has 0 bridgehead atoms. The molecule has 0 amide bonds. The van der Waals surface area contributed by atoms with E-state index in [-0.39, 0.29) is 5.41 Å². The lowest BCUT2D eigenvalue weighted by atomic mass is 9.87. The van der Waals surface area contributed by atoms with Crippen LogP contribution in [0.2, 0.25) is 0 Å². The standard InChI is InChI=1S/C18H17NO2/c1-18(2,3)15-8-6-14(7-9-15)17(20)21-16-10-4-13(12-19)5-11-16/h4-11H,1-3H3. The summed E-state index contributed by atoms with van der Waals surface area (Å²) in [6, 6.07) is 15.9. The van der Waals surface area contributed by atoms with Gasteiger partial charge in [0.25, 0.3) is 0 Å². The molecule has 2 aromatic carbocycles. The lowest BCUT2D eigenvalue weighted by molar-refractivity contribution is 0.0734. The molecule has 3 heteroatoms. The number of nitrogens with zero attached hydrogens (tertiary/aromatic N) is 1. The molecule has 0 aliphatic rings. The summed E-state index contributed by atoms with van der Waals surface area (Å²) in [5, 5.41) is 8.72. The van der Waals surface area contributed by atoms with Crippen LogP contribution in [-0.4, -0.2) is 5.97 Å². The summed E-state index contributed by atoms with van der Waals surface area (Å²) in [5.74, 6) is 0.0269. The second-order valence-electron chi connectivity index (χ2n) is 5.85. The Labute approximate surface area is 124 Å². The third-order valence-electron chi connectivity index (χ3n) is 3.18. The number of hydrogen-bond donors (Lipinski definition) is 0. The van der Waals surface area contributed by atoms with Gasteiger partial charge in [-0.15, -0.1) is 0 Å². The highest BCUT2D eigenvalue weighted by Gasteiger charge is 2.15. The zero-order valence-electron chi connectivity index (χ0n) is 12.4. The van der Waals surface area contributed by atoms with Gasteiger partial charge in [-0.1, -0.05) is 32.9 Å². The second kappa shape index (κ2) is 5.80. The van der Waals surface area contributed by atoms with Gasteiger partial charge in [-0.3, -0.25) is 0 Å². The van der Waals surface area contributed by atoms with Crippen molar-refractivity contribution in [3.63, 3.8) is 0 Å². The molecule has 0 spiro atoms. The summed E-state index contributed by atoms with van der Waals surface area (Å²) in [4.78, 5) is 12.0. The van der Waals surface area contributed by atoms with Crippen molar-refractivity contribution < 1.29 is 9.53 Å². The van der Waals surface area contributed by atoms with E-state index in [0.717, 1.165) is 5.56 Å². The lowest BCUT2D eigenvalue weighted by Crippen LogP contribution is -2.12. The smallest absolute Gasteiger partial charge is 0.343 e. The number of carbonyl (C=O) groups excluding carboxylic acids is 1. The van der Waals surface area contributed by atoms with Crippen molar-refractivity contribution in [2.45, 2.75) is 26.2 Å². The molecule has 0 aromatic heterocycles. The van der Waals surface area contributed by atoms with Crippen molar-refractivity contribution in [1.82, 2.24) is 0 Å².